The molecule has 24 nitrogen and oxygen atoms in total. The molecule has 4 atom stereocenters. The highest BCUT2D eigenvalue weighted by atomic mass is 31.2. The molecule has 4 unspecified atom stereocenters. The van der Waals surface area contributed by atoms with Gasteiger partial charge < -0.3 is 57.2 Å². The fourth-order valence-corrected chi connectivity index (χ4v) is 0.701. The molecule has 0 bridgehead atoms. The molecule has 0 aliphatic rings. The lowest BCUT2D eigenvalue weighted by Crippen LogP contribution is -1.97. The van der Waals surface area contributed by atoms with Gasteiger partial charge in [-0.15, -0.1) is 0 Å². The van der Waals surface area contributed by atoms with Gasteiger partial charge in [-0.05, 0) is 27.7 Å². The standard InChI is InChI=1S/2C5H8O2.4C2H7O3P.4C2H7O2P.6C2H6/c2*1-4(6)3-5(2)7;4*1-5-6(2,3)4;4*1-5(2,3)4;6*1-2/h2*3H2,1-2H3;4*1-2H3,(H,3,4);4*1-2H3,(H,3,4);6*1-2H3. The Morgan fingerprint density at radius 3 is 0.314 bits per heavy atom. The molecule has 0 spiro atoms. The van der Waals surface area contributed by atoms with Crippen LogP contribution in [0.15, 0.2) is 0 Å². The lowest BCUT2D eigenvalue weighted by molar-refractivity contribution is -0.126. The Hall–Kier alpha value is 0.0400. The normalized spacial score (nSPS) is 12.3. The second kappa shape index (κ2) is 73.3. The Labute approximate surface area is 426 Å². The minimum atomic E-state index is -3.15. The zero-order valence-electron chi connectivity index (χ0n) is 49.1. The van der Waals surface area contributed by atoms with E-state index < -0.39 is 59.9 Å². The van der Waals surface area contributed by atoms with Crippen molar-refractivity contribution >= 4 is 83.0 Å². The van der Waals surface area contributed by atoms with E-state index in [1.54, 1.807) is 0 Å². The summed E-state index contributed by atoms with van der Waals surface area (Å²) in [4.78, 5) is 105. The Kier molecular flexibility index (Phi) is 120. The van der Waals surface area contributed by atoms with Crippen molar-refractivity contribution in [1.82, 2.24) is 0 Å². The SMILES string of the molecule is CC.CC.CC.CC.CC.CC.CC(=O)CC(C)=O.CC(=O)CC(C)=O.COP(C)(=O)O.COP(C)(=O)O.COP(C)(=O)O.COP(C)(=O)O.CP(C)(=O)O.CP(C)(=O)O.CP(C)(=O)O.CP(C)(=O)O. The smallest absolute Gasteiger partial charge is 0.324 e. The molecule has 0 aromatic carbocycles. The molecule has 0 rings (SSSR count). The summed E-state index contributed by atoms with van der Waals surface area (Å²) >= 11 is 0. The van der Waals surface area contributed by atoms with Crippen LogP contribution in [0.2, 0.25) is 0 Å². The summed E-state index contributed by atoms with van der Waals surface area (Å²) in [5, 5.41) is 0. The predicted molar refractivity (Wildman–Crippen MR) is 298 cm³/mol. The van der Waals surface area contributed by atoms with Gasteiger partial charge in [0, 0.05) is 108 Å². The summed E-state index contributed by atoms with van der Waals surface area (Å²) in [5.41, 5.74) is 0. The first-order valence-electron chi connectivity index (χ1n) is 21.0. The van der Waals surface area contributed by atoms with E-state index in [1.165, 1.54) is 109 Å². The number of carbonyl (C=O) groups is 4. The molecular weight excluding hydrogens is 1090 g/mol. The van der Waals surface area contributed by atoms with E-state index in [0.29, 0.717) is 0 Å². The van der Waals surface area contributed by atoms with Crippen LogP contribution in [0.5, 0.6) is 0 Å². The number of hydrogen-bond acceptors (Lipinski definition) is 16. The minimum absolute atomic E-state index is 0.0625. The first-order chi connectivity index (χ1) is 30.5. The summed E-state index contributed by atoms with van der Waals surface area (Å²) in [6.45, 7) is 44.5. The third kappa shape index (κ3) is 761. The first kappa shape index (κ1) is 114. The Morgan fingerprint density at radius 1 is 0.271 bits per heavy atom. The van der Waals surface area contributed by atoms with Gasteiger partial charge >= 0.3 is 30.4 Å². The lowest BCUT2D eigenvalue weighted by Gasteiger charge is -1.96. The maximum Gasteiger partial charge on any atom is 0.324 e. The minimum Gasteiger partial charge on any atom is -0.345 e. The van der Waals surface area contributed by atoms with E-state index in [0.717, 1.165) is 26.7 Å². The van der Waals surface area contributed by atoms with Crippen LogP contribution in [0.3, 0.4) is 0 Å². The molecule has 70 heavy (non-hydrogen) atoms. The van der Waals surface area contributed by atoms with Crippen molar-refractivity contribution in [3.05, 3.63) is 0 Å². The average Bonchev–Trinajstić information content (AvgIpc) is 3.13. The third-order valence-electron chi connectivity index (χ3n) is 2.35. The van der Waals surface area contributed by atoms with Crippen molar-refractivity contribution in [1.29, 1.82) is 0 Å². The molecule has 0 saturated heterocycles. The molecule has 32 heteroatoms. The quantitative estimate of drug-likeness (QED) is 0.0826. The van der Waals surface area contributed by atoms with E-state index in [9.17, 15) is 55.7 Å². The summed E-state index contributed by atoms with van der Waals surface area (Å²) in [6, 6.07) is 0. The van der Waals surface area contributed by atoms with Crippen molar-refractivity contribution in [2.75, 3.05) is 108 Å². The monoisotopic (exact) mass is 1200 g/mol. The first-order valence-corrected chi connectivity index (χ1v) is 39.3. The van der Waals surface area contributed by atoms with E-state index in [1.807, 2.05) is 83.1 Å². The third-order valence-corrected chi connectivity index (χ3v) is 5.06. The highest BCUT2D eigenvalue weighted by molar-refractivity contribution is 7.57. The van der Waals surface area contributed by atoms with Crippen molar-refractivity contribution in [2.24, 2.45) is 0 Å². The van der Waals surface area contributed by atoms with Gasteiger partial charge in [-0.3, -0.25) is 55.7 Å². The summed E-state index contributed by atoms with van der Waals surface area (Å²) in [6.07, 6.45) is 0.167. The van der Waals surface area contributed by atoms with Crippen molar-refractivity contribution < 1.29 is 113 Å². The lowest BCUT2D eigenvalue weighted by atomic mass is 10.2. The van der Waals surface area contributed by atoms with Crippen LogP contribution < -0.4 is 0 Å². The zero-order chi connectivity index (χ0) is 62.6. The van der Waals surface area contributed by atoms with Crippen LogP contribution in [0, 0.1) is 0 Å². The summed E-state index contributed by atoms with van der Waals surface area (Å²) < 4.78 is 94.9. The number of ketones is 4. The van der Waals surface area contributed by atoms with Crippen LogP contribution in [0.1, 0.15) is 124 Å². The largest absolute Gasteiger partial charge is 0.345 e. The van der Waals surface area contributed by atoms with Crippen LogP contribution in [0.4, 0.5) is 0 Å². The van der Waals surface area contributed by atoms with Gasteiger partial charge in [0.15, 0.2) is 29.5 Å². The van der Waals surface area contributed by atoms with Crippen LogP contribution in [-0.2, 0) is 73.8 Å². The average molecular weight is 1200 g/mol. The van der Waals surface area contributed by atoms with E-state index in [-0.39, 0.29) is 36.0 Å². The van der Waals surface area contributed by atoms with Crippen LogP contribution in [0.25, 0.3) is 0 Å². The van der Waals surface area contributed by atoms with Crippen molar-refractivity contribution in [3.8, 4) is 0 Å². The second-order valence-electron chi connectivity index (χ2n) is 12.3. The molecule has 444 valence electrons. The molecule has 0 aromatic heterocycles. The van der Waals surface area contributed by atoms with Gasteiger partial charge in [0.05, 0.1) is 12.8 Å². The van der Waals surface area contributed by atoms with Crippen LogP contribution >= 0.6 is 59.9 Å². The fraction of sp³-hybridized carbons (Fsp3) is 0.895. The predicted octanol–water partition coefficient (Wildman–Crippen LogP) is 11.1. The number of rotatable bonds is 8. The van der Waals surface area contributed by atoms with Gasteiger partial charge in [-0.1, -0.05) is 83.1 Å². The molecule has 0 aliphatic carbocycles. The van der Waals surface area contributed by atoms with E-state index in [4.69, 9.17) is 39.1 Å². The Bertz CT molecular complexity index is 1220. The van der Waals surface area contributed by atoms with E-state index in [2.05, 4.69) is 18.1 Å². The number of hydrogen-bond donors (Lipinski definition) is 8. The highest BCUT2D eigenvalue weighted by Crippen LogP contribution is 2.36. The van der Waals surface area contributed by atoms with Gasteiger partial charge in [0.1, 0.15) is 23.1 Å². The zero-order valence-corrected chi connectivity index (χ0v) is 56.3. The Morgan fingerprint density at radius 2 is 0.314 bits per heavy atom. The molecule has 0 saturated carbocycles. The highest BCUT2D eigenvalue weighted by Gasteiger charge is 2.04. The maximum atomic E-state index is 10.0. The van der Waals surface area contributed by atoms with Gasteiger partial charge in [0.25, 0.3) is 0 Å². The van der Waals surface area contributed by atoms with Gasteiger partial charge in [-0.2, -0.15) is 0 Å². The number of Topliss-reactive ketones (excluding diaryl/α,β-unsaturated/α-hetero) is 4. The van der Waals surface area contributed by atoms with Gasteiger partial charge in [-0.25, -0.2) is 0 Å². The maximum absolute atomic E-state index is 10.0. The summed E-state index contributed by atoms with van der Waals surface area (Å²) in [7, 11) is -18.4. The fourth-order valence-electron chi connectivity index (χ4n) is 0.701. The molecule has 8 N–H and O–H groups in total. The molecule has 0 aromatic rings. The summed E-state index contributed by atoms with van der Waals surface area (Å²) in [5.74, 6) is -0.250. The molecule has 0 heterocycles. The van der Waals surface area contributed by atoms with Crippen molar-refractivity contribution in [2.45, 2.75) is 124 Å². The second-order valence-corrected chi connectivity index (χ2v) is 30.5. The van der Waals surface area contributed by atoms with E-state index >= 15 is 0 Å². The topological polar surface area (TPSA) is 404 Å². The van der Waals surface area contributed by atoms with Crippen LogP contribution in [-0.4, -0.2) is 171 Å². The molecule has 0 aliphatic heterocycles. The molecular formula is C38H108O24P8. The number of carbonyl (C=O) groups excluding carboxylic acids is 4. The van der Waals surface area contributed by atoms with Gasteiger partial charge in [0.2, 0.25) is 0 Å². The molecule has 0 fully saturated rings. The van der Waals surface area contributed by atoms with Crippen molar-refractivity contribution in [3.63, 3.8) is 0 Å². The Balaban J connectivity index is -0.0000000323. The molecule has 0 radical (unpaired) electrons. The molecule has 0 amide bonds.